The number of hydrogen-bond acceptors (Lipinski definition) is 1. The third kappa shape index (κ3) is 2.46. The van der Waals surface area contributed by atoms with Gasteiger partial charge in [-0.05, 0) is 11.6 Å². The summed E-state index contributed by atoms with van der Waals surface area (Å²) in [5.74, 6) is -1.64. The van der Waals surface area contributed by atoms with Gasteiger partial charge in [-0.25, -0.2) is 8.78 Å². The molecule has 17 heavy (non-hydrogen) atoms. The van der Waals surface area contributed by atoms with E-state index < -0.39 is 17.7 Å². The van der Waals surface area contributed by atoms with Gasteiger partial charge in [-0.15, -0.1) is 0 Å². The van der Waals surface area contributed by atoms with Crippen LogP contribution in [0.3, 0.4) is 0 Å². The van der Waals surface area contributed by atoms with Gasteiger partial charge >= 0.3 is 0 Å². The van der Waals surface area contributed by atoms with Crippen molar-refractivity contribution in [1.29, 1.82) is 0 Å². The fourth-order valence-corrected chi connectivity index (χ4v) is 1.80. The Morgan fingerprint density at radius 1 is 1.06 bits per heavy atom. The SMILES string of the molecule is OC(c1ccccc1)c1cc(F)cc(F)c1Cl. The van der Waals surface area contributed by atoms with E-state index in [9.17, 15) is 13.9 Å². The van der Waals surface area contributed by atoms with Crippen LogP contribution in [0.25, 0.3) is 0 Å². The Labute approximate surface area is 102 Å². The zero-order valence-corrected chi connectivity index (χ0v) is 9.46. The van der Waals surface area contributed by atoms with Crippen molar-refractivity contribution in [3.05, 3.63) is 70.2 Å². The average molecular weight is 255 g/mol. The van der Waals surface area contributed by atoms with Crippen LogP contribution in [-0.2, 0) is 0 Å². The van der Waals surface area contributed by atoms with Crippen molar-refractivity contribution in [2.45, 2.75) is 6.10 Å². The quantitative estimate of drug-likeness (QED) is 0.810. The molecule has 0 saturated heterocycles. The van der Waals surface area contributed by atoms with E-state index in [1.165, 1.54) is 0 Å². The fraction of sp³-hybridized carbons (Fsp3) is 0.0769. The van der Waals surface area contributed by atoms with Crippen molar-refractivity contribution in [1.82, 2.24) is 0 Å². The summed E-state index contributed by atoms with van der Waals surface area (Å²) in [5.41, 5.74) is 0.551. The van der Waals surface area contributed by atoms with Gasteiger partial charge in [0.25, 0.3) is 0 Å². The van der Waals surface area contributed by atoms with E-state index >= 15 is 0 Å². The summed E-state index contributed by atoms with van der Waals surface area (Å²) in [6.07, 6.45) is -1.14. The molecule has 0 fully saturated rings. The van der Waals surface area contributed by atoms with E-state index in [0.717, 1.165) is 6.07 Å². The minimum atomic E-state index is -1.14. The Kier molecular flexibility index (Phi) is 3.41. The maximum Gasteiger partial charge on any atom is 0.145 e. The topological polar surface area (TPSA) is 20.2 Å². The van der Waals surface area contributed by atoms with E-state index in [2.05, 4.69) is 0 Å². The van der Waals surface area contributed by atoms with Gasteiger partial charge in [0.15, 0.2) is 0 Å². The van der Waals surface area contributed by atoms with Crippen molar-refractivity contribution < 1.29 is 13.9 Å². The normalized spacial score (nSPS) is 12.5. The second-order valence-corrected chi connectivity index (χ2v) is 3.98. The number of rotatable bonds is 2. The zero-order chi connectivity index (χ0) is 12.4. The van der Waals surface area contributed by atoms with Crippen LogP contribution in [0.15, 0.2) is 42.5 Å². The standard InChI is InChI=1S/C13H9ClF2O/c14-12-10(6-9(15)7-11(12)16)13(17)8-4-2-1-3-5-8/h1-7,13,17H. The summed E-state index contributed by atoms with van der Waals surface area (Å²) in [6.45, 7) is 0. The Balaban J connectivity index is 2.48. The lowest BCUT2D eigenvalue weighted by Gasteiger charge is -2.13. The molecule has 2 rings (SSSR count). The molecule has 0 saturated carbocycles. The largest absolute Gasteiger partial charge is 0.384 e. The van der Waals surface area contributed by atoms with Crippen molar-refractivity contribution >= 4 is 11.6 Å². The first-order chi connectivity index (χ1) is 8.09. The maximum atomic E-state index is 13.2. The molecule has 0 spiro atoms. The van der Waals surface area contributed by atoms with Crippen LogP contribution in [-0.4, -0.2) is 5.11 Å². The molecule has 2 aromatic rings. The van der Waals surface area contributed by atoms with Gasteiger partial charge in [0.2, 0.25) is 0 Å². The van der Waals surface area contributed by atoms with Crippen molar-refractivity contribution in [2.75, 3.05) is 0 Å². The first-order valence-corrected chi connectivity index (χ1v) is 5.35. The summed E-state index contributed by atoms with van der Waals surface area (Å²) in [6, 6.07) is 10.3. The van der Waals surface area contributed by atoms with E-state index in [0.29, 0.717) is 11.6 Å². The number of aliphatic hydroxyl groups is 1. The van der Waals surface area contributed by atoms with Crippen molar-refractivity contribution in [3.8, 4) is 0 Å². The minimum absolute atomic E-state index is 0.0235. The molecule has 0 heterocycles. The molecule has 0 radical (unpaired) electrons. The highest BCUT2D eigenvalue weighted by Crippen LogP contribution is 2.30. The van der Waals surface area contributed by atoms with Gasteiger partial charge in [-0.3, -0.25) is 0 Å². The van der Waals surface area contributed by atoms with E-state index in [4.69, 9.17) is 11.6 Å². The second-order valence-electron chi connectivity index (χ2n) is 3.60. The molecule has 0 aromatic heterocycles. The number of hydrogen-bond donors (Lipinski definition) is 1. The molecule has 2 aromatic carbocycles. The second kappa shape index (κ2) is 4.82. The summed E-state index contributed by atoms with van der Waals surface area (Å²) in [5, 5.41) is 9.74. The monoisotopic (exact) mass is 254 g/mol. The number of halogens is 3. The minimum Gasteiger partial charge on any atom is -0.384 e. The van der Waals surface area contributed by atoms with Gasteiger partial charge < -0.3 is 5.11 Å². The molecular formula is C13H9ClF2O. The highest BCUT2D eigenvalue weighted by molar-refractivity contribution is 6.31. The molecule has 1 atom stereocenters. The van der Waals surface area contributed by atoms with Crippen LogP contribution in [0, 0.1) is 11.6 Å². The van der Waals surface area contributed by atoms with Crippen LogP contribution >= 0.6 is 11.6 Å². The van der Waals surface area contributed by atoms with Crippen LogP contribution in [0.5, 0.6) is 0 Å². The highest BCUT2D eigenvalue weighted by Gasteiger charge is 2.17. The average Bonchev–Trinajstić information content (AvgIpc) is 2.34. The highest BCUT2D eigenvalue weighted by atomic mass is 35.5. The molecule has 1 nitrogen and oxygen atoms in total. The first-order valence-electron chi connectivity index (χ1n) is 4.97. The third-order valence-electron chi connectivity index (χ3n) is 2.43. The Hall–Kier alpha value is -1.45. The number of benzene rings is 2. The summed E-state index contributed by atoms with van der Waals surface area (Å²) in [7, 11) is 0. The zero-order valence-electron chi connectivity index (χ0n) is 8.70. The van der Waals surface area contributed by atoms with Gasteiger partial charge in [-0.2, -0.15) is 0 Å². The smallest absolute Gasteiger partial charge is 0.145 e. The molecule has 0 aliphatic heterocycles. The summed E-state index contributed by atoms with van der Waals surface area (Å²) in [4.78, 5) is 0. The maximum absolute atomic E-state index is 13.2. The molecular weight excluding hydrogens is 246 g/mol. The molecule has 0 amide bonds. The van der Waals surface area contributed by atoms with Gasteiger partial charge in [0.1, 0.15) is 17.7 Å². The van der Waals surface area contributed by atoms with Crippen LogP contribution < -0.4 is 0 Å². The van der Waals surface area contributed by atoms with E-state index in [1.807, 2.05) is 0 Å². The molecule has 0 aliphatic carbocycles. The Morgan fingerprint density at radius 2 is 1.71 bits per heavy atom. The van der Waals surface area contributed by atoms with Crippen LogP contribution in [0.2, 0.25) is 5.02 Å². The molecule has 88 valence electrons. The molecule has 0 bridgehead atoms. The predicted molar refractivity (Wildman–Crippen MR) is 61.9 cm³/mol. The third-order valence-corrected chi connectivity index (χ3v) is 2.83. The summed E-state index contributed by atoms with van der Waals surface area (Å²) < 4.78 is 26.3. The first kappa shape index (κ1) is 12.0. The Bertz CT molecular complexity index is 528. The molecule has 0 aliphatic rings. The number of aliphatic hydroxyl groups excluding tert-OH is 1. The van der Waals surface area contributed by atoms with Crippen molar-refractivity contribution in [3.63, 3.8) is 0 Å². The van der Waals surface area contributed by atoms with E-state index in [-0.39, 0.29) is 10.6 Å². The van der Waals surface area contributed by atoms with Gasteiger partial charge in [0, 0.05) is 11.6 Å². The summed E-state index contributed by atoms with van der Waals surface area (Å²) >= 11 is 5.71. The van der Waals surface area contributed by atoms with Gasteiger partial charge in [-0.1, -0.05) is 41.9 Å². The Morgan fingerprint density at radius 3 is 2.35 bits per heavy atom. The molecule has 1 unspecified atom stereocenters. The van der Waals surface area contributed by atoms with Crippen molar-refractivity contribution in [2.24, 2.45) is 0 Å². The van der Waals surface area contributed by atoms with Crippen LogP contribution in [0.4, 0.5) is 8.78 Å². The predicted octanol–water partition coefficient (Wildman–Crippen LogP) is 3.70. The molecule has 1 N–H and O–H groups in total. The lowest BCUT2D eigenvalue weighted by molar-refractivity contribution is 0.219. The lowest BCUT2D eigenvalue weighted by Crippen LogP contribution is -2.02. The molecule has 4 heteroatoms. The van der Waals surface area contributed by atoms with Crippen LogP contribution in [0.1, 0.15) is 17.2 Å². The fourth-order valence-electron chi connectivity index (χ4n) is 1.59. The van der Waals surface area contributed by atoms with Gasteiger partial charge in [0.05, 0.1) is 5.02 Å². The lowest BCUT2D eigenvalue weighted by atomic mass is 10.0. The van der Waals surface area contributed by atoms with E-state index in [1.54, 1.807) is 30.3 Å².